The minimum Gasteiger partial charge on any atom is -0.305 e. The fourth-order valence-corrected chi connectivity index (χ4v) is 2.75. The second-order valence-corrected chi connectivity index (χ2v) is 7.31. The number of thiol groups is 1. The van der Waals surface area contributed by atoms with E-state index in [1.54, 1.807) is 0 Å². The van der Waals surface area contributed by atoms with Crippen LogP contribution in [0.25, 0.3) is 0 Å². The fraction of sp³-hybridized carbons (Fsp3) is 0.538. The SMILES string of the molecule is CN(CCS(C)(=O)=O)CC(CS)c1ccccc1. The van der Waals surface area contributed by atoms with Crippen LogP contribution in [-0.2, 0) is 9.84 Å². The molecule has 0 fully saturated rings. The van der Waals surface area contributed by atoms with Gasteiger partial charge < -0.3 is 4.90 Å². The third-order valence-corrected chi connectivity index (χ3v) is 4.23. The van der Waals surface area contributed by atoms with Crippen LogP contribution in [0, 0.1) is 0 Å². The summed E-state index contributed by atoms with van der Waals surface area (Å²) in [6.45, 7) is 1.39. The number of nitrogens with zero attached hydrogens (tertiary/aromatic N) is 1. The molecule has 1 rings (SSSR count). The van der Waals surface area contributed by atoms with Gasteiger partial charge in [-0.25, -0.2) is 8.42 Å². The highest BCUT2D eigenvalue weighted by Crippen LogP contribution is 2.17. The summed E-state index contributed by atoms with van der Waals surface area (Å²) in [4.78, 5) is 2.05. The maximum Gasteiger partial charge on any atom is 0.148 e. The summed E-state index contributed by atoms with van der Waals surface area (Å²) in [5.41, 5.74) is 1.25. The van der Waals surface area contributed by atoms with Gasteiger partial charge in [0.15, 0.2) is 0 Å². The first-order chi connectivity index (χ1) is 8.42. The van der Waals surface area contributed by atoms with Gasteiger partial charge in [0.25, 0.3) is 0 Å². The molecule has 1 aromatic rings. The van der Waals surface area contributed by atoms with Crippen molar-refractivity contribution in [1.29, 1.82) is 0 Å². The number of likely N-dealkylation sites (N-methyl/N-ethyl adjacent to an activating group) is 1. The number of rotatable bonds is 7. The molecular weight excluding hydrogens is 266 g/mol. The van der Waals surface area contributed by atoms with Crippen LogP contribution in [0.15, 0.2) is 30.3 Å². The summed E-state index contributed by atoms with van der Waals surface area (Å²) in [5, 5.41) is 0. The molecule has 0 amide bonds. The van der Waals surface area contributed by atoms with Crippen molar-refractivity contribution in [3.8, 4) is 0 Å². The van der Waals surface area contributed by atoms with Crippen molar-refractivity contribution < 1.29 is 8.42 Å². The van der Waals surface area contributed by atoms with Crippen molar-refractivity contribution in [2.75, 3.05) is 37.9 Å². The molecular formula is C13H21NO2S2. The maximum absolute atomic E-state index is 11.1. The maximum atomic E-state index is 11.1. The molecule has 0 heterocycles. The molecule has 0 spiro atoms. The van der Waals surface area contributed by atoms with Crippen LogP contribution in [0.3, 0.4) is 0 Å². The van der Waals surface area contributed by atoms with E-state index in [9.17, 15) is 8.42 Å². The third kappa shape index (κ3) is 5.89. The number of sulfone groups is 1. The van der Waals surface area contributed by atoms with Crippen LogP contribution < -0.4 is 0 Å². The Bertz CT molecular complexity index is 445. The molecule has 5 heteroatoms. The molecule has 1 atom stereocenters. The van der Waals surface area contributed by atoms with Gasteiger partial charge in [0, 0.05) is 25.3 Å². The Labute approximate surface area is 116 Å². The molecule has 0 radical (unpaired) electrons. The molecule has 0 aliphatic heterocycles. The first-order valence-electron chi connectivity index (χ1n) is 5.94. The van der Waals surface area contributed by atoms with Crippen molar-refractivity contribution in [3.63, 3.8) is 0 Å². The van der Waals surface area contributed by atoms with Crippen LogP contribution in [0.4, 0.5) is 0 Å². The van der Waals surface area contributed by atoms with Crippen LogP contribution >= 0.6 is 12.6 Å². The minimum atomic E-state index is -2.89. The second kappa shape index (κ2) is 7.16. The van der Waals surface area contributed by atoms with Crippen molar-refractivity contribution in [2.45, 2.75) is 5.92 Å². The van der Waals surface area contributed by atoms with E-state index in [0.717, 1.165) is 12.3 Å². The third-order valence-electron chi connectivity index (χ3n) is 2.87. The topological polar surface area (TPSA) is 37.4 Å². The summed E-state index contributed by atoms with van der Waals surface area (Å²) in [6, 6.07) is 10.2. The second-order valence-electron chi connectivity index (χ2n) is 4.68. The lowest BCUT2D eigenvalue weighted by atomic mass is 10.0. The lowest BCUT2D eigenvalue weighted by Crippen LogP contribution is -2.30. The van der Waals surface area contributed by atoms with E-state index in [0.29, 0.717) is 12.5 Å². The lowest BCUT2D eigenvalue weighted by molar-refractivity contribution is 0.336. The summed E-state index contributed by atoms with van der Waals surface area (Å²) in [7, 11) is -0.938. The highest BCUT2D eigenvalue weighted by atomic mass is 32.2. The van der Waals surface area contributed by atoms with E-state index in [4.69, 9.17) is 0 Å². The zero-order valence-corrected chi connectivity index (χ0v) is 12.6. The summed E-state index contributed by atoms with van der Waals surface area (Å²) in [5.74, 6) is 1.30. The quantitative estimate of drug-likeness (QED) is 0.775. The van der Waals surface area contributed by atoms with E-state index in [2.05, 4.69) is 29.7 Å². The molecule has 0 aromatic heterocycles. The molecule has 0 aliphatic carbocycles. The Morgan fingerprint density at radius 2 is 1.89 bits per heavy atom. The zero-order chi connectivity index (χ0) is 13.6. The molecule has 0 aliphatic rings. The van der Waals surface area contributed by atoms with E-state index < -0.39 is 9.84 Å². The van der Waals surface area contributed by atoms with Gasteiger partial charge in [-0.3, -0.25) is 0 Å². The first kappa shape index (κ1) is 15.5. The molecule has 1 unspecified atom stereocenters. The summed E-state index contributed by atoms with van der Waals surface area (Å²) < 4.78 is 22.2. The standard InChI is InChI=1S/C13H21NO2S2/c1-14(8-9-18(2,15)16)10-13(11-17)12-6-4-3-5-7-12/h3-7,13,17H,8-11H2,1-2H3. The summed E-state index contributed by atoms with van der Waals surface area (Å²) in [6.07, 6.45) is 1.27. The predicted octanol–water partition coefficient (Wildman–Crippen LogP) is 1.68. The van der Waals surface area contributed by atoms with E-state index in [-0.39, 0.29) is 5.75 Å². The highest BCUT2D eigenvalue weighted by molar-refractivity contribution is 7.90. The van der Waals surface area contributed by atoms with E-state index >= 15 is 0 Å². The van der Waals surface area contributed by atoms with Gasteiger partial charge in [0.05, 0.1) is 5.75 Å². The number of hydrogen-bond acceptors (Lipinski definition) is 4. The largest absolute Gasteiger partial charge is 0.305 e. The Kier molecular flexibility index (Phi) is 6.18. The molecule has 0 saturated carbocycles. The van der Waals surface area contributed by atoms with Crippen molar-refractivity contribution in [1.82, 2.24) is 4.90 Å². The molecule has 0 bridgehead atoms. The van der Waals surface area contributed by atoms with Crippen molar-refractivity contribution in [2.24, 2.45) is 0 Å². The van der Waals surface area contributed by atoms with Gasteiger partial charge in [-0.1, -0.05) is 30.3 Å². The Morgan fingerprint density at radius 1 is 1.28 bits per heavy atom. The normalized spacial score (nSPS) is 13.8. The van der Waals surface area contributed by atoms with Gasteiger partial charge in [-0.15, -0.1) is 0 Å². The number of benzene rings is 1. The van der Waals surface area contributed by atoms with Crippen LogP contribution in [0.5, 0.6) is 0 Å². The predicted molar refractivity (Wildman–Crippen MR) is 80.2 cm³/mol. The lowest BCUT2D eigenvalue weighted by Gasteiger charge is -2.23. The molecule has 1 aromatic carbocycles. The average Bonchev–Trinajstić information content (AvgIpc) is 2.33. The Hall–Kier alpha value is -0.520. The Morgan fingerprint density at radius 3 is 2.39 bits per heavy atom. The molecule has 0 N–H and O–H groups in total. The van der Waals surface area contributed by atoms with Crippen LogP contribution in [0.1, 0.15) is 11.5 Å². The van der Waals surface area contributed by atoms with Gasteiger partial charge >= 0.3 is 0 Å². The minimum absolute atomic E-state index is 0.206. The highest BCUT2D eigenvalue weighted by Gasteiger charge is 2.13. The zero-order valence-electron chi connectivity index (χ0n) is 10.9. The molecule has 102 valence electrons. The Balaban J connectivity index is 2.54. The van der Waals surface area contributed by atoms with E-state index in [1.165, 1.54) is 11.8 Å². The fourth-order valence-electron chi connectivity index (χ4n) is 1.78. The molecule has 18 heavy (non-hydrogen) atoms. The summed E-state index contributed by atoms with van der Waals surface area (Å²) >= 11 is 4.38. The smallest absolute Gasteiger partial charge is 0.148 e. The van der Waals surface area contributed by atoms with Crippen molar-refractivity contribution in [3.05, 3.63) is 35.9 Å². The van der Waals surface area contributed by atoms with Gasteiger partial charge in [-0.05, 0) is 18.4 Å². The van der Waals surface area contributed by atoms with Gasteiger partial charge in [-0.2, -0.15) is 12.6 Å². The van der Waals surface area contributed by atoms with Crippen LogP contribution in [-0.4, -0.2) is 51.2 Å². The molecule has 0 saturated heterocycles. The monoisotopic (exact) mass is 287 g/mol. The number of hydrogen-bond donors (Lipinski definition) is 1. The van der Waals surface area contributed by atoms with Crippen LogP contribution in [0.2, 0.25) is 0 Å². The molecule has 3 nitrogen and oxygen atoms in total. The van der Waals surface area contributed by atoms with Gasteiger partial charge in [0.2, 0.25) is 0 Å². The van der Waals surface area contributed by atoms with Crippen molar-refractivity contribution >= 4 is 22.5 Å². The first-order valence-corrected chi connectivity index (χ1v) is 8.63. The van der Waals surface area contributed by atoms with Gasteiger partial charge in [0.1, 0.15) is 9.84 Å². The average molecular weight is 287 g/mol. The van der Waals surface area contributed by atoms with E-state index in [1.807, 2.05) is 25.2 Å².